The van der Waals surface area contributed by atoms with Gasteiger partial charge in [0, 0.05) is 25.2 Å². The maximum Gasteiger partial charge on any atom is 0.407 e. The number of carbonyl (C=O) groups is 2. The highest BCUT2D eigenvalue weighted by molar-refractivity contribution is 7.87. The van der Waals surface area contributed by atoms with Gasteiger partial charge in [-0.2, -0.15) is 17.4 Å². The summed E-state index contributed by atoms with van der Waals surface area (Å²) in [5.41, 5.74) is 1.64. The van der Waals surface area contributed by atoms with Crippen LogP contribution in [0.25, 0.3) is 0 Å². The molecule has 0 radical (unpaired) electrons. The lowest BCUT2D eigenvalue weighted by Gasteiger charge is -2.33. The van der Waals surface area contributed by atoms with Crippen molar-refractivity contribution >= 4 is 22.2 Å². The SMILES string of the molecule is CC(C)CN(C[C@@H](O)[C@H](Cc1ccccc1)NC(=O)[C@H](C)CNC(=O)OCc1ccc(CO)cc1)S(=O)(=O)NC(C)(C)C. The van der Waals surface area contributed by atoms with Crippen molar-refractivity contribution in [3.63, 3.8) is 0 Å². The Hall–Kier alpha value is -3.03. The Morgan fingerprint density at radius 2 is 1.53 bits per heavy atom. The van der Waals surface area contributed by atoms with Gasteiger partial charge in [0.1, 0.15) is 6.61 Å². The molecule has 0 aromatic heterocycles. The van der Waals surface area contributed by atoms with Crippen LogP contribution >= 0.6 is 0 Å². The normalized spacial score (nSPS) is 14.3. The van der Waals surface area contributed by atoms with Gasteiger partial charge >= 0.3 is 6.09 Å². The zero-order valence-electron chi connectivity index (χ0n) is 26.0. The van der Waals surface area contributed by atoms with E-state index in [1.54, 1.807) is 52.0 Å². The van der Waals surface area contributed by atoms with Gasteiger partial charge in [-0.1, -0.05) is 75.4 Å². The molecule has 2 rings (SSSR count). The van der Waals surface area contributed by atoms with Gasteiger partial charge < -0.3 is 25.6 Å². The molecule has 0 saturated heterocycles. The third-order valence-corrected chi connectivity index (χ3v) is 8.25. The van der Waals surface area contributed by atoms with Crippen molar-refractivity contribution in [1.82, 2.24) is 19.7 Å². The van der Waals surface area contributed by atoms with E-state index in [-0.39, 0.29) is 45.2 Å². The lowest BCUT2D eigenvalue weighted by molar-refractivity contribution is -0.126. The summed E-state index contributed by atoms with van der Waals surface area (Å²) < 4.78 is 35.5. The van der Waals surface area contributed by atoms with E-state index in [4.69, 9.17) is 9.84 Å². The van der Waals surface area contributed by atoms with Crippen LogP contribution < -0.4 is 15.4 Å². The number of ether oxygens (including phenoxy) is 1. The fourth-order valence-corrected chi connectivity index (χ4v) is 5.96. The number of nitrogens with one attached hydrogen (secondary N) is 3. The van der Waals surface area contributed by atoms with Crippen LogP contribution in [-0.2, 0) is 39.4 Å². The quantitative estimate of drug-likeness (QED) is 0.193. The number of benzene rings is 2. The highest BCUT2D eigenvalue weighted by Gasteiger charge is 2.33. The van der Waals surface area contributed by atoms with E-state index in [0.717, 1.165) is 16.7 Å². The Labute approximate surface area is 256 Å². The molecule has 12 heteroatoms. The lowest BCUT2D eigenvalue weighted by Crippen LogP contribution is -2.56. The van der Waals surface area contributed by atoms with Gasteiger partial charge in [-0.25, -0.2) is 4.79 Å². The molecule has 0 saturated carbocycles. The first-order valence-electron chi connectivity index (χ1n) is 14.5. The van der Waals surface area contributed by atoms with Crippen molar-refractivity contribution in [3.05, 3.63) is 71.3 Å². The number of amides is 2. The molecule has 3 atom stereocenters. The van der Waals surface area contributed by atoms with Crippen LogP contribution in [0.15, 0.2) is 54.6 Å². The molecule has 11 nitrogen and oxygen atoms in total. The highest BCUT2D eigenvalue weighted by atomic mass is 32.2. The Bertz CT molecular complexity index is 1250. The van der Waals surface area contributed by atoms with Gasteiger partial charge in [-0.15, -0.1) is 0 Å². The van der Waals surface area contributed by atoms with Gasteiger partial charge in [0.15, 0.2) is 0 Å². The summed E-state index contributed by atoms with van der Waals surface area (Å²) in [7, 11) is -3.93. The molecule has 2 aromatic carbocycles. The third kappa shape index (κ3) is 13.4. The topological polar surface area (TPSA) is 157 Å². The van der Waals surface area contributed by atoms with E-state index in [0.29, 0.717) is 0 Å². The number of alkyl carbamates (subject to hydrolysis) is 1. The molecule has 0 heterocycles. The number of carbonyl (C=O) groups excluding carboxylic acids is 2. The minimum absolute atomic E-state index is 0.00309. The molecule has 0 fully saturated rings. The van der Waals surface area contributed by atoms with E-state index in [1.165, 1.54) is 4.31 Å². The Morgan fingerprint density at radius 3 is 2.09 bits per heavy atom. The number of aliphatic hydroxyl groups excluding tert-OH is 2. The van der Waals surface area contributed by atoms with E-state index in [1.807, 2.05) is 44.2 Å². The number of nitrogens with zero attached hydrogens (tertiary/aromatic N) is 1. The molecular formula is C31H48N4O7S. The van der Waals surface area contributed by atoms with Crippen molar-refractivity contribution in [2.75, 3.05) is 19.6 Å². The summed E-state index contributed by atoms with van der Waals surface area (Å²) in [6.07, 6.45) is -1.64. The van der Waals surface area contributed by atoms with Gasteiger partial charge in [0.05, 0.1) is 24.7 Å². The second-order valence-electron chi connectivity index (χ2n) is 12.3. The van der Waals surface area contributed by atoms with Gasteiger partial charge in [0.25, 0.3) is 10.2 Å². The Kier molecular flexibility index (Phi) is 14.1. The summed E-state index contributed by atoms with van der Waals surface area (Å²) in [5.74, 6) is -1.08. The first kappa shape index (κ1) is 36.2. The molecule has 240 valence electrons. The number of hydrogen-bond acceptors (Lipinski definition) is 7. The molecule has 5 N–H and O–H groups in total. The summed E-state index contributed by atoms with van der Waals surface area (Å²) in [4.78, 5) is 25.4. The second kappa shape index (κ2) is 16.7. The van der Waals surface area contributed by atoms with Crippen LogP contribution in [0.3, 0.4) is 0 Å². The maximum absolute atomic E-state index is 13.2. The summed E-state index contributed by atoms with van der Waals surface area (Å²) in [6.45, 7) is 10.6. The number of aliphatic hydroxyl groups is 2. The van der Waals surface area contributed by atoms with Crippen molar-refractivity contribution in [2.24, 2.45) is 11.8 Å². The largest absolute Gasteiger partial charge is 0.445 e. The molecule has 43 heavy (non-hydrogen) atoms. The van der Waals surface area contributed by atoms with Crippen molar-refractivity contribution in [1.29, 1.82) is 0 Å². The van der Waals surface area contributed by atoms with Crippen molar-refractivity contribution < 1.29 is 33.0 Å². The molecule has 0 unspecified atom stereocenters. The minimum Gasteiger partial charge on any atom is -0.445 e. The van der Waals surface area contributed by atoms with Crippen molar-refractivity contribution in [3.8, 4) is 0 Å². The van der Waals surface area contributed by atoms with Gasteiger partial charge in [0.2, 0.25) is 5.91 Å². The van der Waals surface area contributed by atoms with Gasteiger partial charge in [-0.05, 0) is 49.8 Å². The summed E-state index contributed by atoms with van der Waals surface area (Å²) >= 11 is 0. The Morgan fingerprint density at radius 1 is 0.930 bits per heavy atom. The van der Waals surface area contributed by atoms with Crippen LogP contribution in [0.2, 0.25) is 0 Å². The molecule has 0 bridgehead atoms. The molecule has 2 amide bonds. The second-order valence-corrected chi connectivity index (χ2v) is 13.9. The minimum atomic E-state index is -3.93. The van der Waals surface area contributed by atoms with Crippen LogP contribution in [0.5, 0.6) is 0 Å². The summed E-state index contributed by atoms with van der Waals surface area (Å²) in [5, 5.41) is 25.9. The molecule has 0 aliphatic heterocycles. The zero-order chi connectivity index (χ0) is 32.2. The van der Waals surface area contributed by atoms with E-state index in [9.17, 15) is 23.1 Å². The highest BCUT2D eigenvalue weighted by Crippen LogP contribution is 2.14. The smallest absolute Gasteiger partial charge is 0.407 e. The first-order chi connectivity index (χ1) is 20.1. The molecule has 0 aliphatic rings. The number of hydrogen-bond donors (Lipinski definition) is 5. The van der Waals surface area contributed by atoms with E-state index in [2.05, 4.69) is 15.4 Å². The lowest BCUT2D eigenvalue weighted by atomic mass is 9.99. The third-order valence-electron chi connectivity index (χ3n) is 6.40. The first-order valence-corrected chi connectivity index (χ1v) is 15.9. The average Bonchev–Trinajstić information content (AvgIpc) is 2.93. The standard InChI is InChI=1S/C31H48N4O7S/c1-22(2)18-35(43(40,41)34-31(4,5)6)19-28(37)27(16-24-10-8-7-9-11-24)33-29(38)23(3)17-32-30(39)42-21-26-14-12-25(20-36)13-15-26/h7-15,22-23,27-28,34,36-37H,16-21H2,1-6H3,(H,32,39)(H,33,38)/t23-,27+,28-/m1/s1. The molecular weight excluding hydrogens is 572 g/mol. The van der Waals surface area contributed by atoms with E-state index < -0.39 is 45.8 Å². The van der Waals surface area contributed by atoms with Crippen LogP contribution in [-0.4, -0.2) is 72.3 Å². The van der Waals surface area contributed by atoms with Crippen LogP contribution in [0, 0.1) is 11.8 Å². The molecule has 2 aromatic rings. The zero-order valence-corrected chi connectivity index (χ0v) is 26.9. The van der Waals surface area contributed by atoms with E-state index >= 15 is 0 Å². The Balaban J connectivity index is 2.07. The van der Waals surface area contributed by atoms with Crippen LogP contribution in [0.4, 0.5) is 4.79 Å². The molecule has 0 aliphatic carbocycles. The van der Waals surface area contributed by atoms with Gasteiger partial charge in [-0.3, -0.25) is 4.79 Å². The maximum atomic E-state index is 13.2. The predicted octanol–water partition coefficient (Wildman–Crippen LogP) is 2.72. The fourth-order valence-electron chi connectivity index (χ4n) is 4.21. The van der Waals surface area contributed by atoms with Crippen LogP contribution in [0.1, 0.15) is 58.2 Å². The fraction of sp³-hybridized carbons (Fsp3) is 0.548. The van der Waals surface area contributed by atoms with Crippen molar-refractivity contribution in [2.45, 2.75) is 78.9 Å². The monoisotopic (exact) mass is 620 g/mol. The predicted molar refractivity (Wildman–Crippen MR) is 166 cm³/mol. The average molecular weight is 621 g/mol. The summed E-state index contributed by atoms with van der Waals surface area (Å²) in [6, 6.07) is 15.5. The molecule has 0 spiro atoms. The number of rotatable bonds is 16.